The Labute approximate surface area is 128 Å². The maximum Gasteiger partial charge on any atom is 0.175 e. The van der Waals surface area contributed by atoms with Crippen molar-refractivity contribution >= 4 is 21.2 Å². The van der Waals surface area contributed by atoms with Crippen molar-refractivity contribution in [2.75, 3.05) is 30.0 Å². The Bertz CT molecular complexity index is 584. The first-order valence-corrected chi connectivity index (χ1v) is 9.65. The van der Waals surface area contributed by atoms with Gasteiger partial charge in [-0.2, -0.15) is 0 Å². The predicted octanol–water partition coefficient (Wildman–Crippen LogP) is 3.08. The van der Waals surface area contributed by atoms with Gasteiger partial charge in [0.15, 0.2) is 9.84 Å². The second-order valence-corrected chi connectivity index (χ2v) is 8.08. The van der Waals surface area contributed by atoms with Crippen molar-refractivity contribution in [1.29, 1.82) is 0 Å². The highest BCUT2D eigenvalue weighted by Gasteiger charge is 2.19. The highest BCUT2D eigenvalue weighted by Crippen LogP contribution is 2.30. The van der Waals surface area contributed by atoms with E-state index >= 15 is 0 Å². The highest BCUT2D eigenvalue weighted by molar-refractivity contribution is 7.90. The summed E-state index contributed by atoms with van der Waals surface area (Å²) in [5.41, 5.74) is 7.62. The number of hydrogen-bond donors (Lipinski definition) is 1. The molecule has 0 spiro atoms. The molecule has 2 N–H and O–H groups in total. The van der Waals surface area contributed by atoms with Crippen molar-refractivity contribution in [3.8, 4) is 0 Å². The molecule has 0 aromatic heterocycles. The summed E-state index contributed by atoms with van der Waals surface area (Å²) >= 11 is 0. The molecule has 1 fully saturated rings. The van der Waals surface area contributed by atoms with Crippen LogP contribution in [0.3, 0.4) is 0 Å². The maximum absolute atomic E-state index is 11.6. The lowest BCUT2D eigenvalue weighted by Gasteiger charge is -2.24. The van der Waals surface area contributed by atoms with Crippen LogP contribution in [0.1, 0.15) is 39.0 Å². The summed E-state index contributed by atoms with van der Waals surface area (Å²) in [6.07, 6.45) is 7.42. The van der Waals surface area contributed by atoms with E-state index in [0.717, 1.165) is 24.7 Å². The Morgan fingerprint density at radius 2 is 2.05 bits per heavy atom. The molecule has 0 amide bonds. The zero-order valence-electron chi connectivity index (χ0n) is 13.0. The summed E-state index contributed by atoms with van der Waals surface area (Å²) in [6.45, 7) is 4.25. The summed E-state index contributed by atoms with van der Waals surface area (Å²) in [7, 11) is -3.19. The van der Waals surface area contributed by atoms with Crippen molar-refractivity contribution < 1.29 is 8.42 Å². The first kappa shape index (κ1) is 16.1. The van der Waals surface area contributed by atoms with E-state index in [4.69, 9.17) is 5.73 Å². The fourth-order valence-electron chi connectivity index (χ4n) is 3.15. The average Bonchev–Trinajstić information content (AvgIpc) is 2.64. The molecule has 1 aromatic carbocycles. The minimum Gasteiger partial charge on any atom is -0.397 e. The van der Waals surface area contributed by atoms with Crippen LogP contribution in [0.25, 0.3) is 0 Å². The quantitative estimate of drug-likeness (QED) is 0.868. The summed E-state index contributed by atoms with van der Waals surface area (Å²) in [5.74, 6) is 0.816. The molecule has 1 saturated heterocycles. The van der Waals surface area contributed by atoms with Gasteiger partial charge in [0.25, 0.3) is 0 Å². The molecule has 1 aromatic rings. The summed E-state index contributed by atoms with van der Waals surface area (Å²) in [4.78, 5) is 2.60. The molecule has 0 radical (unpaired) electrons. The Hall–Kier alpha value is -1.23. The average molecular weight is 310 g/mol. The van der Waals surface area contributed by atoms with E-state index in [-0.39, 0.29) is 0 Å². The molecule has 5 heteroatoms. The van der Waals surface area contributed by atoms with Gasteiger partial charge in [0.2, 0.25) is 0 Å². The second-order valence-electron chi connectivity index (χ2n) is 6.07. The molecule has 1 heterocycles. The van der Waals surface area contributed by atoms with Crippen LogP contribution in [0, 0.1) is 5.92 Å². The van der Waals surface area contributed by atoms with E-state index in [1.807, 2.05) is 6.07 Å². The van der Waals surface area contributed by atoms with E-state index in [0.29, 0.717) is 10.6 Å². The van der Waals surface area contributed by atoms with Crippen LogP contribution >= 0.6 is 0 Å². The van der Waals surface area contributed by atoms with Gasteiger partial charge in [-0.3, -0.25) is 0 Å². The van der Waals surface area contributed by atoms with Gasteiger partial charge in [0.1, 0.15) is 0 Å². The SMILES string of the molecule is CCCC1CCCN(c2ccc(S(C)(=O)=O)cc2N)CC1. The largest absolute Gasteiger partial charge is 0.397 e. The third-order valence-corrected chi connectivity index (χ3v) is 5.42. The van der Waals surface area contributed by atoms with Crippen LogP contribution in [0.4, 0.5) is 11.4 Å². The van der Waals surface area contributed by atoms with Gasteiger partial charge in [-0.15, -0.1) is 0 Å². The number of nitrogens with two attached hydrogens (primary N) is 1. The van der Waals surface area contributed by atoms with Gasteiger partial charge in [-0.1, -0.05) is 19.8 Å². The number of anilines is 2. The van der Waals surface area contributed by atoms with Gasteiger partial charge < -0.3 is 10.6 Å². The first-order valence-electron chi connectivity index (χ1n) is 7.76. The van der Waals surface area contributed by atoms with Crippen LogP contribution in [0.15, 0.2) is 23.1 Å². The maximum atomic E-state index is 11.6. The monoisotopic (exact) mass is 310 g/mol. The van der Waals surface area contributed by atoms with Gasteiger partial charge in [0, 0.05) is 19.3 Å². The van der Waals surface area contributed by atoms with Gasteiger partial charge >= 0.3 is 0 Å². The summed E-state index contributed by atoms with van der Waals surface area (Å²) in [5, 5.41) is 0. The zero-order valence-corrected chi connectivity index (χ0v) is 13.8. The number of sulfone groups is 1. The van der Waals surface area contributed by atoms with E-state index in [1.54, 1.807) is 12.1 Å². The van der Waals surface area contributed by atoms with Crippen LogP contribution in [-0.2, 0) is 9.84 Å². The lowest BCUT2D eigenvalue weighted by Crippen LogP contribution is -2.25. The molecule has 1 atom stereocenters. The third-order valence-electron chi connectivity index (χ3n) is 4.31. The molecule has 118 valence electrons. The molecule has 4 nitrogen and oxygen atoms in total. The number of nitrogens with zero attached hydrogens (tertiary/aromatic N) is 1. The van der Waals surface area contributed by atoms with E-state index in [1.165, 1.54) is 38.4 Å². The van der Waals surface area contributed by atoms with Crippen molar-refractivity contribution in [3.63, 3.8) is 0 Å². The molecule has 2 rings (SSSR count). The van der Waals surface area contributed by atoms with Crippen molar-refractivity contribution in [3.05, 3.63) is 18.2 Å². The Kier molecular flexibility index (Phi) is 5.14. The van der Waals surface area contributed by atoms with E-state index in [2.05, 4.69) is 11.8 Å². The molecular weight excluding hydrogens is 284 g/mol. The summed E-state index contributed by atoms with van der Waals surface area (Å²) < 4.78 is 23.1. The molecule has 1 unspecified atom stereocenters. The number of hydrogen-bond acceptors (Lipinski definition) is 4. The third kappa shape index (κ3) is 4.13. The molecule has 0 saturated carbocycles. The van der Waals surface area contributed by atoms with Crippen molar-refractivity contribution in [2.45, 2.75) is 43.9 Å². The van der Waals surface area contributed by atoms with Crippen molar-refractivity contribution in [1.82, 2.24) is 0 Å². The minimum atomic E-state index is -3.19. The number of rotatable bonds is 4. The van der Waals surface area contributed by atoms with E-state index in [9.17, 15) is 8.42 Å². The van der Waals surface area contributed by atoms with Crippen LogP contribution in [0.2, 0.25) is 0 Å². The smallest absolute Gasteiger partial charge is 0.175 e. The molecule has 0 aliphatic carbocycles. The van der Waals surface area contributed by atoms with Gasteiger partial charge in [0.05, 0.1) is 16.3 Å². The van der Waals surface area contributed by atoms with Crippen LogP contribution < -0.4 is 10.6 Å². The molecular formula is C16H26N2O2S. The van der Waals surface area contributed by atoms with Crippen LogP contribution in [0.5, 0.6) is 0 Å². The van der Waals surface area contributed by atoms with Crippen LogP contribution in [-0.4, -0.2) is 27.8 Å². The van der Waals surface area contributed by atoms with E-state index < -0.39 is 9.84 Å². The predicted molar refractivity (Wildman–Crippen MR) is 88.4 cm³/mol. The Morgan fingerprint density at radius 1 is 1.29 bits per heavy atom. The van der Waals surface area contributed by atoms with Crippen molar-refractivity contribution in [2.24, 2.45) is 5.92 Å². The fraction of sp³-hybridized carbons (Fsp3) is 0.625. The molecule has 1 aliphatic heterocycles. The zero-order chi connectivity index (χ0) is 15.5. The fourth-order valence-corrected chi connectivity index (χ4v) is 3.81. The second kappa shape index (κ2) is 6.69. The molecule has 21 heavy (non-hydrogen) atoms. The molecule has 0 bridgehead atoms. The minimum absolute atomic E-state index is 0.294. The van der Waals surface area contributed by atoms with Gasteiger partial charge in [-0.25, -0.2) is 8.42 Å². The molecule has 1 aliphatic rings. The highest BCUT2D eigenvalue weighted by atomic mass is 32.2. The standard InChI is InChI=1S/C16H26N2O2S/c1-3-5-13-6-4-10-18(11-9-13)16-8-7-14(12-15(16)17)21(2,19)20/h7-8,12-13H,3-6,9-11,17H2,1-2H3. The van der Waals surface area contributed by atoms with Gasteiger partial charge in [-0.05, 0) is 43.4 Å². The normalized spacial score (nSPS) is 20.3. The number of nitrogen functional groups attached to an aromatic ring is 1. The topological polar surface area (TPSA) is 63.4 Å². The lowest BCUT2D eigenvalue weighted by molar-refractivity contribution is 0.435. The Morgan fingerprint density at radius 3 is 2.67 bits per heavy atom. The first-order chi connectivity index (χ1) is 9.91. The lowest BCUT2D eigenvalue weighted by atomic mass is 9.96. The summed E-state index contributed by atoms with van der Waals surface area (Å²) in [6, 6.07) is 5.10. The Balaban J connectivity index is 2.15. The number of benzene rings is 1.